The topological polar surface area (TPSA) is 72.9 Å². The van der Waals surface area contributed by atoms with Gasteiger partial charge in [0.05, 0.1) is 12.4 Å². The fourth-order valence-electron chi connectivity index (χ4n) is 2.46. The molecule has 18 heavy (non-hydrogen) atoms. The van der Waals surface area contributed by atoms with Crippen LogP contribution in [0.25, 0.3) is 0 Å². The van der Waals surface area contributed by atoms with Gasteiger partial charge in [-0.3, -0.25) is 8.98 Å². The van der Waals surface area contributed by atoms with Crippen molar-refractivity contribution in [3.63, 3.8) is 0 Å². The van der Waals surface area contributed by atoms with Crippen molar-refractivity contribution in [2.75, 3.05) is 32.6 Å². The Morgan fingerprint density at radius 3 is 2.56 bits per heavy atom. The molecule has 0 aliphatic carbocycles. The standard InChI is InChI=1S/C11H19NO5S/c1-18(14,15)17-10-2-5-12(8-10)11(13)9-3-6-16-7-4-9/h9-10H,2-8H2,1H3/t10-/m0/s1. The van der Waals surface area contributed by atoms with Crippen LogP contribution in [0.2, 0.25) is 0 Å². The molecule has 1 amide bonds. The number of hydrogen-bond donors (Lipinski definition) is 0. The summed E-state index contributed by atoms with van der Waals surface area (Å²) in [6.07, 6.45) is 2.75. The average molecular weight is 277 g/mol. The average Bonchev–Trinajstić information content (AvgIpc) is 2.75. The van der Waals surface area contributed by atoms with Crippen LogP contribution in [0.4, 0.5) is 0 Å². The predicted octanol–water partition coefficient (Wildman–Crippen LogP) is -0.00990. The Morgan fingerprint density at radius 1 is 1.28 bits per heavy atom. The molecule has 0 N–H and O–H groups in total. The Kier molecular flexibility index (Phi) is 4.24. The van der Waals surface area contributed by atoms with Gasteiger partial charge in [-0.25, -0.2) is 0 Å². The van der Waals surface area contributed by atoms with Crippen LogP contribution < -0.4 is 0 Å². The van der Waals surface area contributed by atoms with Crippen LogP contribution in [0.15, 0.2) is 0 Å². The summed E-state index contributed by atoms with van der Waals surface area (Å²) in [6.45, 7) is 2.22. The fraction of sp³-hybridized carbons (Fsp3) is 0.909. The third-order valence-corrected chi connectivity index (χ3v) is 3.96. The third kappa shape index (κ3) is 3.66. The van der Waals surface area contributed by atoms with Gasteiger partial charge >= 0.3 is 0 Å². The molecule has 2 aliphatic heterocycles. The lowest BCUT2D eigenvalue weighted by atomic mass is 9.99. The van der Waals surface area contributed by atoms with Crippen molar-refractivity contribution in [3.05, 3.63) is 0 Å². The summed E-state index contributed by atoms with van der Waals surface area (Å²) in [6, 6.07) is 0. The molecule has 2 fully saturated rings. The highest BCUT2D eigenvalue weighted by atomic mass is 32.2. The molecule has 0 aromatic rings. The number of nitrogens with zero attached hydrogens (tertiary/aromatic N) is 1. The van der Waals surface area contributed by atoms with Gasteiger partial charge in [-0.05, 0) is 19.3 Å². The van der Waals surface area contributed by atoms with E-state index < -0.39 is 10.1 Å². The van der Waals surface area contributed by atoms with Gasteiger partial charge in [-0.1, -0.05) is 0 Å². The number of rotatable bonds is 3. The third-order valence-electron chi connectivity index (χ3n) is 3.34. The first-order valence-corrected chi connectivity index (χ1v) is 8.02. The lowest BCUT2D eigenvalue weighted by molar-refractivity contribution is -0.137. The molecule has 7 heteroatoms. The zero-order valence-corrected chi connectivity index (χ0v) is 11.3. The first-order chi connectivity index (χ1) is 8.46. The van der Waals surface area contributed by atoms with E-state index in [1.54, 1.807) is 4.90 Å². The summed E-state index contributed by atoms with van der Waals surface area (Å²) in [5, 5.41) is 0. The second kappa shape index (κ2) is 5.54. The summed E-state index contributed by atoms with van der Waals surface area (Å²) in [4.78, 5) is 13.9. The van der Waals surface area contributed by atoms with Crippen molar-refractivity contribution in [3.8, 4) is 0 Å². The van der Waals surface area contributed by atoms with E-state index in [0.717, 1.165) is 19.1 Å². The molecule has 1 atom stereocenters. The van der Waals surface area contributed by atoms with Crippen molar-refractivity contribution in [1.29, 1.82) is 0 Å². The predicted molar refractivity (Wildman–Crippen MR) is 64.5 cm³/mol. The normalized spacial score (nSPS) is 26.5. The van der Waals surface area contributed by atoms with E-state index in [1.165, 1.54) is 0 Å². The van der Waals surface area contributed by atoms with Gasteiger partial charge < -0.3 is 9.64 Å². The molecule has 6 nitrogen and oxygen atoms in total. The summed E-state index contributed by atoms with van der Waals surface area (Å²) >= 11 is 0. The fourth-order valence-corrected chi connectivity index (χ4v) is 3.11. The van der Waals surface area contributed by atoms with Gasteiger partial charge in [0.15, 0.2) is 0 Å². The van der Waals surface area contributed by atoms with Crippen molar-refractivity contribution < 1.29 is 22.1 Å². The highest BCUT2D eigenvalue weighted by Gasteiger charge is 2.33. The summed E-state index contributed by atoms with van der Waals surface area (Å²) in [5.74, 6) is 0.133. The Balaban J connectivity index is 1.86. The quantitative estimate of drug-likeness (QED) is 0.678. The Morgan fingerprint density at radius 2 is 1.94 bits per heavy atom. The summed E-state index contributed by atoms with van der Waals surface area (Å²) in [7, 11) is -3.44. The van der Waals surface area contributed by atoms with Crippen molar-refractivity contribution in [2.24, 2.45) is 5.92 Å². The molecule has 0 bridgehead atoms. The maximum absolute atomic E-state index is 12.2. The molecule has 2 heterocycles. The molecule has 0 aromatic carbocycles. The molecule has 2 saturated heterocycles. The van der Waals surface area contributed by atoms with Gasteiger partial charge in [0.25, 0.3) is 10.1 Å². The Bertz CT molecular complexity index is 402. The highest BCUT2D eigenvalue weighted by molar-refractivity contribution is 7.86. The molecule has 104 valence electrons. The van der Waals surface area contributed by atoms with E-state index in [1.807, 2.05) is 0 Å². The van der Waals surface area contributed by atoms with Crippen LogP contribution in [0.5, 0.6) is 0 Å². The van der Waals surface area contributed by atoms with Crippen LogP contribution in [0.3, 0.4) is 0 Å². The number of likely N-dealkylation sites (tertiary alicyclic amines) is 1. The Labute approximate surface area is 107 Å². The van der Waals surface area contributed by atoms with Gasteiger partial charge in [-0.15, -0.1) is 0 Å². The summed E-state index contributed by atoms with van der Waals surface area (Å²) < 4.78 is 32.2. The number of amides is 1. The molecule has 2 rings (SSSR count). The van der Waals surface area contributed by atoms with E-state index in [9.17, 15) is 13.2 Å². The molecule has 0 radical (unpaired) electrons. The van der Waals surface area contributed by atoms with E-state index >= 15 is 0 Å². The maximum atomic E-state index is 12.2. The van der Waals surface area contributed by atoms with Gasteiger partial charge in [0.1, 0.15) is 0 Å². The summed E-state index contributed by atoms with van der Waals surface area (Å²) in [5.41, 5.74) is 0. The molecule has 0 unspecified atom stereocenters. The zero-order valence-electron chi connectivity index (χ0n) is 10.5. The molecule has 0 aromatic heterocycles. The molecule has 0 saturated carbocycles. The first kappa shape index (κ1) is 13.8. The zero-order chi connectivity index (χ0) is 13.2. The maximum Gasteiger partial charge on any atom is 0.264 e. The SMILES string of the molecule is CS(=O)(=O)O[C@H]1CCN(C(=O)C2CCOCC2)C1. The van der Waals surface area contributed by atoms with E-state index in [-0.39, 0.29) is 17.9 Å². The molecular weight excluding hydrogens is 258 g/mol. The number of hydrogen-bond acceptors (Lipinski definition) is 5. The van der Waals surface area contributed by atoms with Crippen LogP contribution >= 0.6 is 0 Å². The van der Waals surface area contributed by atoms with Gasteiger partial charge in [0.2, 0.25) is 5.91 Å². The lowest BCUT2D eigenvalue weighted by Gasteiger charge is -2.26. The van der Waals surface area contributed by atoms with Crippen LogP contribution in [0.1, 0.15) is 19.3 Å². The number of carbonyl (C=O) groups is 1. The van der Waals surface area contributed by atoms with Gasteiger partial charge in [0, 0.05) is 32.2 Å². The van der Waals surface area contributed by atoms with E-state index in [4.69, 9.17) is 8.92 Å². The second-order valence-corrected chi connectivity index (χ2v) is 6.48. The minimum atomic E-state index is -3.44. The van der Waals surface area contributed by atoms with Crippen molar-refractivity contribution in [2.45, 2.75) is 25.4 Å². The molecule has 2 aliphatic rings. The largest absolute Gasteiger partial charge is 0.381 e. The van der Waals surface area contributed by atoms with Crippen molar-refractivity contribution >= 4 is 16.0 Å². The minimum Gasteiger partial charge on any atom is -0.381 e. The van der Waals surface area contributed by atoms with E-state index in [2.05, 4.69) is 0 Å². The first-order valence-electron chi connectivity index (χ1n) is 6.20. The number of ether oxygens (including phenoxy) is 1. The monoisotopic (exact) mass is 277 g/mol. The molecule has 0 spiro atoms. The van der Waals surface area contributed by atoms with Crippen molar-refractivity contribution in [1.82, 2.24) is 4.90 Å². The Hall–Kier alpha value is -0.660. The van der Waals surface area contributed by atoms with E-state index in [0.29, 0.717) is 32.7 Å². The lowest BCUT2D eigenvalue weighted by Crippen LogP contribution is -2.37. The molecular formula is C11H19NO5S. The number of carbonyl (C=O) groups excluding carboxylic acids is 1. The minimum absolute atomic E-state index is 0.0238. The van der Waals surface area contributed by atoms with Crippen LogP contribution in [0, 0.1) is 5.92 Å². The van der Waals surface area contributed by atoms with Crippen LogP contribution in [-0.2, 0) is 23.8 Å². The second-order valence-electron chi connectivity index (χ2n) is 4.88. The smallest absolute Gasteiger partial charge is 0.264 e. The van der Waals surface area contributed by atoms with Crippen LogP contribution in [-0.4, -0.2) is 57.9 Å². The highest BCUT2D eigenvalue weighted by Crippen LogP contribution is 2.22. The van der Waals surface area contributed by atoms with Gasteiger partial charge in [-0.2, -0.15) is 8.42 Å².